The summed E-state index contributed by atoms with van der Waals surface area (Å²) in [6, 6.07) is 17.4. The molecule has 0 saturated heterocycles. The molecule has 0 bridgehead atoms. The number of ether oxygens (including phenoxy) is 1. The summed E-state index contributed by atoms with van der Waals surface area (Å²) in [7, 11) is 0. The van der Waals surface area contributed by atoms with Crippen LogP contribution in [0.3, 0.4) is 0 Å². The molecule has 3 aromatic rings. The molecule has 1 fully saturated rings. The molecule has 0 aliphatic heterocycles. The first-order valence-electron chi connectivity index (χ1n) is 11.0. The number of amides is 1. The van der Waals surface area contributed by atoms with E-state index in [4.69, 9.17) is 10.6 Å². The Hall–Kier alpha value is -3.00. The molecular weight excluding hydrogens is 422 g/mol. The molecule has 1 aliphatic carbocycles. The highest BCUT2D eigenvalue weighted by Crippen LogP contribution is 2.33. The minimum absolute atomic E-state index is 0.116. The van der Waals surface area contributed by atoms with Crippen LogP contribution >= 0.6 is 11.8 Å². The van der Waals surface area contributed by atoms with Crippen molar-refractivity contribution in [3.05, 3.63) is 66.0 Å². The first kappa shape index (κ1) is 22.2. The lowest BCUT2D eigenvalue weighted by atomic mass is 9.89. The van der Waals surface area contributed by atoms with Crippen LogP contribution in [0.2, 0.25) is 0 Å². The van der Waals surface area contributed by atoms with Crippen molar-refractivity contribution >= 4 is 23.4 Å². The van der Waals surface area contributed by atoms with E-state index in [-0.39, 0.29) is 11.2 Å². The average Bonchev–Trinajstić information content (AvgIpc) is 3.19. The van der Waals surface area contributed by atoms with Crippen LogP contribution in [0.25, 0.3) is 0 Å². The largest absolute Gasteiger partial charge is 0.489 e. The number of nitrogens with one attached hydrogen (secondary N) is 1. The third-order valence-electron chi connectivity index (χ3n) is 5.68. The quantitative estimate of drug-likeness (QED) is 0.379. The molecule has 3 N–H and O–H groups in total. The van der Waals surface area contributed by atoms with Gasteiger partial charge in [0.05, 0.1) is 5.25 Å². The number of anilines is 1. The number of nitrogens with zero attached hydrogens (tertiary/aromatic N) is 3. The van der Waals surface area contributed by atoms with Gasteiger partial charge in [-0.25, -0.2) is 4.68 Å². The predicted octanol–water partition coefficient (Wildman–Crippen LogP) is 4.74. The smallest absolute Gasteiger partial charge is 0.237 e. The molecule has 168 valence electrons. The molecule has 32 heavy (non-hydrogen) atoms. The molecule has 7 nitrogen and oxygen atoms in total. The van der Waals surface area contributed by atoms with Crippen molar-refractivity contribution in [2.75, 3.05) is 11.2 Å². The van der Waals surface area contributed by atoms with Gasteiger partial charge in [0, 0.05) is 11.6 Å². The molecule has 2 aromatic carbocycles. The van der Waals surface area contributed by atoms with Crippen LogP contribution in [-0.2, 0) is 11.4 Å². The van der Waals surface area contributed by atoms with Gasteiger partial charge in [-0.05, 0) is 49.6 Å². The van der Waals surface area contributed by atoms with E-state index >= 15 is 0 Å². The second-order valence-electron chi connectivity index (χ2n) is 8.09. The Morgan fingerprint density at radius 1 is 1.12 bits per heavy atom. The van der Waals surface area contributed by atoms with Gasteiger partial charge in [0.2, 0.25) is 11.1 Å². The van der Waals surface area contributed by atoms with E-state index in [1.54, 1.807) is 4.68 Å². The highest BCUT2D eigenvalue weighted by molar-refractivity contribution is 8.00. The number of hydrogen-bond donors (Lipinski definition) is 2. The van der Waals surface area contributed by atoms with Crippen LogP contribution in [0, 0.1) is 0 Å². The van der Waals surface area contributed by atoms with Crippen molar-refractivity contribution in [2.45, 2.75) is 62.0 Å². The average molecular weight is 452 g/mol. The normalized spacial score (nSPS) is 15.3. The standard InChI is InChI=1S/C24H29N5O2S/c1-17(32-24-28-27-22(29(24)25)19-10-6-3-7-11-19)23(30)26-20-12-14-21(15-13-20)31-16-18-8-4-2-5-9-18/h2,4-5,8-9,12-15,17,19H,3,6-7,10-11,16,25H2,1H3,(H,26,30)/t17-/m0/s1. The van der Waals surface area contributed by atoms with Gasteiger partial charge in [0.15, 0.2) is 5.82 Å². The fourth-order valence-electron chi connectivity index (χ4n) is 3.84. The number of hydrogen-bond acceptors (Lipinski definition) is 6. The van der Waals surface area contributed by atoms with Gasteiger partial charge >= 0.3 is 0 Å². The molecule has 1 saturated carbocycles. The molecule has 4 rings (SSSR count). The summed E-state index contributed by atoms with van der Waals surface area (Å²) in [6.07, 6.45) is 5.88. The zero-order valence-corrected chi connectivity index (χ0v) is 19.1. The highest BCUT2D eigenvalue weighted by atomic mass is 32.2. The van der Waals surface area contributed by atoms with E-state index in [0.29, 0.717) is 23.4 Å². The van der Waals surface area contributed by atoms with E-state index in [1.165, 1.54) is 31.0 Å². The Morgan fingerprint density at radius 2 is 1.84 bits per heavy atom. The predicted molar refractivity (Wildman–Crippen MR) is 127 cm³/mol. The summed E-state index contributed by atoms with van der Waals surface area (Å²) in [5.74, 6) is 8.07. The van der Waals surface area contributed by atoms with Crippen molar-refractivity contribution in [2.24, 2.45) is 0 Å². The third-order valence-corrected chi connectivity index (χ3v) is 6.74. The van der Waals surface area contributed by atoms with Gasteiger partial charge in [0.25, 0.3) is 0 Å². The molecule has 1 aromatic heterocycles. The van der Waals surface area contributed by atoms with Crippen molar-refractivity contribution in [3.63, 3.8) is 0 Å². The lowest BCUT2D eigenvalue weighted by Gasteiger charge is -2.20. The number of nitrogens with two attached hydrogens (primary N) is 1. The second kappa shape index (κ2) is 10.5. The third kappa shape index (κ3) is 5.62. The zero-order valence-electron chi connectivity index (χ0n) is 18.2. The monoisotopic (exact) mass is 451 g/mol. The lowest BCUT2D eigenvalue weighted by Crippen LogP contribution is -2.24. The maximum absolute atomic E-state index is 12.7. The summed E-state index contributed by atoms with van der Waals surface area (Å²) in [6.45, 7) is 2.34. The molecular formula is C24H29N5O2S. The van der Waals surface area contributed by atoms with E-state index in [2.05, 4.69) is 15.5 Å². The summed E-state index contributed by atoms with van der Waals surface area (Å²) in [4.78, 5) is 12.7. The summed E-state index contributed by atoms with van der Waals surface area (Å²) in [5.41, 5.74) is 1.82. The SMILES string of the molecule is C[C@H](Sc1nnc(C2CCCCC2)n1N)C(=O)Nc1ccc(OCc2ccccc2)cc1. The first-order valence-corrected chi connectivity index (χ1v) is 11.9. The van der Waals surface area contributed by atoms with Gasteiger partial charge in [-0.1, -0.05) is 61.4 Å². The van der Waals surface area contributed by atoms with E-state index in [9.17, 15) is 4.79 Å². The van der Waals surface area contributed by atoms with E-state index < -0.39 is 0 Å². The van der Waals surface area contributed by atoms with Crippen LogP contribution in [0.5, 0.6) is 5.75 Å². The van der Waals surface area contributed by atoms with Crippen LogP contribution in [-0.4, -0.2) is 26.0 Å². The minimum Gasteiger partial charge on any atom is -0.489 e. The molecule has 1 atom stereocenters. The summed E-state index contributed by atoms with van der Waals surface area (Å²) >= 11 is 1.32. The molecule has 8 heteroatoms. The Bertz CT molecular complexity index is 1020. The van der Waals surface area contributed by atoms with Gasteiger partial charge in [-0.2, -0.15) is 0 Å². The van der Waals surface area contributed by atoms with Crippen LogP contribution in [0.4, 0.5) is 5.69 Å². The van der Waals surface area contributed by atoms with E-state index in [0.717, 1.165) is 30.0 Å². The minimum atomic E-state index is -0.366. The van der Waals surface area contributed by atoms with Gasteiger partial charge in [-0.3, -0.25) is 4.79 Å². The fourth-order valence-corrected chi connectivity index (χ4v) is 4.62. The number of carbonyl (C=O) groups excluding carboxylic acids is 1. The second-order valence-corrected chi connectivity index (χ2v) is 9.40. The Labute approximate surface area is 192 Å². The van der Waals surface area contributed by atoms with Crippen molar-refractivity contribution in [1.82, 2.24) is 14.9 Å². The van der Waals surface area contributed by atoms with Crippen LogP contribution < -0.4 is 15.9 Å². The fraction of sp³-hybridized carbons (Fsp3) is 0.375. The maximum atomic E-state index is 12.7. The summed E-state index contributed by atoms with van der Waals surface area (Å²) in [5, 5.41) is 11.7. The van der Waals surface area contributed by atoms with Crippen molar-refractivity contribution in [3.8, 4) is 5.75 Å². The molecule has 1 amide bonds. The van der Waals surface area contributed by atoms with Crippen molar-refractivity contribution in [1.29, 1.82) is 0 Å². The molecule has 1 heterocycles. The number of thioether (sulfide) groups is 1. The number of nitrogen functional groups attached to an aromatic ring is 1. The lowest BCUT2D eigenvalue weighted by molar-refractivity contribution is -0.115. The topological polar surface area (TPSA) is 95.1 Å². The van der Waals surface area contributed by atoms with Gasteiger partial charge in [0.1, 0.15) is 12.4 Å². The molecule has 0 unspecified atom stereocenters. The highest BCUT2D eigenvalue weighted by Gasteiger charge is 2.24. The van der Waals surface area contributed by atoms with E-state index in [1.807, 2.05) is 61.5 Å². The number of aromatic nitrogens is 3. The Kier molecular flexibility index (Phi) is 7.32. The first-order chi connectivity index (χ1) is 15.6. The summed E-state index contributed by atoms with van der Waals surface area (Å²) < 4.78 is 7.35. The van der Waals surface area contributed by atoms with Crippen LogP contribution in [0.1, 0.15) is 56.3 Å². The van der Waals surface area contributed by atoms with Gasteiger partial charge in [-0.15, -0.1) is 10.2 Å². The van der Waals surface area contributed by atoms with Crippen LogP contribution in [0.15, 0.2) is 59.8 Å². The zero-order chi connectivity index (χ0) is 22.3. The van der Waals surface area contributed by atoms with Crippen molar-refractivity contribution < 1.29 is 9.53 Å². The number of carbonyl (C=O) groups is 1. The number of benzene rings is 2. The van der Waals surface area contributed by atoms with Gasteiger partial charge < -0.3 is 15.9 Å². The molecule has 1 aliphatic rings. The number of rotatable bonds is 8. The Morgan fingerprint density at radius 3 is 2.56 bits per heavy atom. The molecule has 0 radical (unpaired) electrons. The Balaban J connectivity index is 1.29. The molecule has 0 spiro atoms. The maximum Gasteiger partial charge on any atom is 0.237 e.